The second kappa shape index (κ2) is 3.05. The summed E-state index contributed by atoms with van der Waals surface area (Å²) in [6.07, 6.45) is 0. The molecule has 1 heterocycles. The molecule has 0 bridgehead atoms. The maximum absolute atomic E-state index is 11.2. The Labute approximate surface area is 71.5 Å². The number of esters is 1. The van der Waals surface area contributed by atoms with Gasteiger partial charge in [-0.1, -0.05) is 4.70 Å². The highest BCUT2D eigenvalue weighted by atomic mass is 16.5. The first-order valence-corrected chi connectivity index (χ1v) is 3.66. The summed E-state index contributed by atoms with van der Waals surface area (Å²) in [6, 6.07) is 0.859. The molecule has 0 aromatic rings. The van der Waals surface area contributed by atoms with Gasteiger partial charge in [-0.05, 0) is 19.0 Å². The molecule has 1 aliphatic rings. The zero-order valence-corrected chi connectivity index (χ0v) is 7.71. The first kappa shape index (κ1) is 8.90. The average molecular weight is 168 g/mol. The van der Waals surface area contributed by atoms with E-state index in [4.69, 9.17) is 0 Å². The van der Waals surface area contributed by atoms with Crippen molar-refractivity contribution in [2.45, 2.75) is 13.8 Å². The van der Waals surface area contributed by atoms with E-state index in [-0.39, 0.29) is 5.97 Å². The molecule has 65 valence electrons. The van der Waals surface area contributed by atoms with E-state index in [9.17, 15) is 4.79 Å². The van der Waals surface area contributed by atoms with Crippen molar-refractivity contribution in [3.8, 4) is 0 Å². The van der Waals surface area contributed by atoms with Crippen molar-refractivity contribution in [2.24, 2.45) is 5.11 Å². The van der Waals surface area contributed by atoms with Crippen LogP contribution in [0.5, 0.6) is 0 Å². The average Bonchev–Trinajstić information content (AvgIpc) is 2.26. The van der Waals surface area contributed by atoms with E-state index in [0.717, 1.165) is 11.6 Å². The molecule has 0 N–H and O–H groups in total. The van der Waals surface area contributed by atoms with Gasteiger partial charge < -0.3 is 4.74 Å². The van der Waals surface area contributed by atoms with Crippen LogP contribution in [0.4, 0.5) is 0 Å². The number of rotatable bonds is 1. The molecule has 0 fully saturated rings. The van der Waals surface area contributed by atoms with Gasteiger partial charge in [0.1, 0.15) is 0 Å². The summed E-state index contributed by atoms with van der Waals surface area (Å²) in [7, 11) is 3.09. The van der Waals surface area contributed by atoms with Gasteiger partial charge in [-0.3, -0.25) is 0 Å². The number of methoxy groups -OCH3 is 1. The molecule has 0 saturated heterocycles. The molecule has 4 nitrogen and oxygen atoms in total. The number of azo groups is 2. The lowest BCUT2D eigenvalue weighted by Crippen LogP contribution is -2.13. The first-order valence-electron chi connectivity index (χ1n) is 3.66. The Kier molecular flexibility index (Phi) is 2.26. The Hall–Kier alpha value is -1.19. The minimum atomic E-state index is -0.337. The van der Waals surface area contributed by atoms with Gasteiger partial charge in [0.2, 0.25) is 0 Å². The Morgan fingerprint density at radius 3 is 2.42 bits per heavy atom. The van der Waals surface area contributed by atoms with E-state index >= 15 is 0 Å². The Bertz CT molecular complexity index is 279. The van der Waals surface area contributed by atoms with Crippen LogP contribution < -0.4 is 0 Å². The number of carbonyl (C=O) groups is 1. The molecule has 1 aliphatic heterocycles. The molecule has 12 heavy (non-hydrogen) atoms. The van der Waals surface area contributed by atoms with Crippen molar-refractivity contribution in [3.63, 3.8) is 0 Å². The van der Waals surface area contributed by atoms with E-state index in [0.29, 0.717) is 5.70 Å². The maximum Gasteiger partial charge on any atom is 0.405 e. The predicted octanol–water partition coefficient (Wildman–Crippen LogP) is 1.09. The molecule has 1 rings (SSSR count). The number of carbonyl (C=O) groups excluding carboxylic acids is 1. The largest absolute Gasteiger partial charge is 0.461 e. The highest BCUT2D eigenvalue weighted by molar-refractivity contribution is 5.87. The van der Waals surface area contributed by atoms with E-state index in [1.54, 1.807) is 7.05 Å². The van der Waals surface area contributed by atoms with E-state index in [1.807, 2.05) is 13.8 Å². The summed E-state index contributed by atoms with van der Waals surface area (Å²) in [6.45, 7) is 3.72. The molecule has 0 unspecified atom stereocenters. The van der Waals surface area contributed by atoms with E-state index in [2.05, 4.69) is 9.85 Å². The van der Waals surface area contributed by atoms with Crippen molar-refractivity contribution in [1.29, 1.82) is 0 Å². The fraction of sp³-hybridized carbons (Fsp3) is 0.500. The molecule has 0 amide bonds. The van der Waals surface area contributed by atoms with Gasteiger partial charge in [-0.15, -0.1) is 0 Å². The summed E-state index contributed by atoms with van der Waals surface area (Å²) < 4.78 is 6.15. The summed E-state index contributed by atoms with van der Waals surface area (Å²) in [5, 5.41) is 4.10. The van der Waals surface area contributed by atoms with Crippen LogP contribution in [0.2, 0.25) is 0 Å². The van der Waals surface area contributed by atoms with Gasteiger partial charge in [0.15, 0.2) is 13.1 Å². The molecule has 0 saturated carbocycles. The van der Waals surface area contributed by atoms with Crippen molar-refractivity contribution < 1.29 is 14.2 Å². The molecule has 4 heteroatoms. The van der Waals surface area contributed by atoms with Crippen LogP contribution in [0.1, 0.15) is 13.8 Å². The SMILES string of the molecule is COC(=O)C1=C(C)[C](C)N=[N+]1C. The molecule has 0 spiro atoms. The number of nitrogens with zero attached hydrogens (tertiary/aromatic N) is 2. The van der Waals surface area contributed by atoms with Crippen LogP contribution in [0.25, 0.3) is 0 Å². The van der Waals surface area contributed by atoms with E-state index < -0.39 is 0 Å². The van der Waals surface area contributed by atoms with E-state index in [1.165, 1.54) is 11.8 Å². The molecule has 0 aromatic carbocycles. The lowest BCUT2D eigenvalue weighted by Gasteiger charge is -1.94. The second-order valence-electron chi connectivity index (χ2n) is 2.67. The number of hydrogen-bond donors (Lipinski definition) is 0. The summed E-state index contributed by atoms with van der Waals surface area (Å²) in [5.74, 6) is -0.337. The van der Waals surface area contributed by atoms with Gasteiger partial charge in [-0.25, -0.2) is 4.79 Å². The van der Waals surface area contributed by atoms with Gasteiger partial charge in [0, 0.05) is 5.57 Å². The minimum absolute atomic E-state index is 0.337. The molecule has 0 atom stereocenters. The fourth-order valence-electron chi connectivity index (χ4n) is 1.15. The normalized spacial score (nSPS) is 18.2. The monoisotopic (exact) mass is 168 g/mol. The molecule has 1 radical (unpaired) electrons. The quantitative estimate of drug-likeness (QED) is 0.434. The van der Waals surface area contributed by atoms with Crippen LogP contribution in [0, 0.1) is 6.04 Å². The second-order valence-corrected chi connectivity index (χ2v) is 2.67. The zero-order chi connectivity index (χ0) is 9.30. The molecular weight excluding hydrogens is 156 g/mol. The fourth-order valence-corrected chi connectivity index (χ4v) is 1.15. The third-order valence-electron chi connectivity index (χ3n) is 1.90. The first-order chi connectivity index (χ1) is 5.57. The van der Waals surface area contributed by atoms with Crippen LogP contribution in [-0.4, -0.2) is 24.8 Å². The molecular formula is C8H12N2O2+. The smallest absolute Gasteiger partial charge is 0.405 e. The molecule has 0 aliphatic carbocycles. The van der Waals surface area contributed by atoms with Crippen molar-refractivity contribution >= 4 is 5.97 Å². The van der Waals surface area contributed by atoms with Crippen LogP contribution in [-0.2, 0) is 9.53 Å². The standard InChI is InChI=1S/C8H12N2O2/c1-5-6(2)9-10(3)7(5)8(11)12-4/h1-4H3/q+1. The third-order valence-corrected chi connectivity index (χ3v) is 1.90. The van der Waals surface area contributed by atoms with Crippen LogP contribution in [0.3, 0.4) is 0 Å². The van der Waals surface area contributed by atoms with Crippen molar-refractivity contribution in [3.05, 3.63) is 17.3 Å². The van der Waals surface area contributed by atoms with Crippen molar-refractivity contribution in [1.82, 2.24) is 0 Å². The van der Waals surface area contributed by atoms with Gasteiger partial charge >= 0.3 is 11.7 Å². The topological polar surface area (TPSA) is 41.7 Å². The number of hydrogen-bond acceptors (Lipinski definition) is 3. The van der Waals surface area contributed by atoms with Crippen LogP contribution >= 0.6 is 0 Å². The Morgan fingerprint density at radius 2 is 2.08 bits per heavy atom. The summed E-state index contributed by atoms with van der Waals surface area (Å²) >= 11 is 0. The zero-order valence-electron chi connectivity index (χ0n) is 7.71. The number of likely N-dealkylation sites (N-methyl/N-ethyl adjacent to an activating group) is 1. The number of ether oxygens (including phenoxy) is 1. The Morgan fingerprint density at radius 1 is 1.50 bits per heavy atom. The van der Waals surface area contributed by atoms with Gasteiger partial charge in [0.05, 0.1) is 7.11 Å². The summed E-state index contributed by atoms with van der Waals surface area (Å²) in [5.41, 5.74) is 1.40. The third kappa shape index (κ3) is 1.24. The lowest BCUT2D eigenvalue weighted by atomic mass is 10.1. The highest BCUT2D eigenvalue weighted by Gasteiger charge is 2.34. The highest BCUT2D eigenvalue weighted by Crippen LogP contribution is 2.25. The lowest BCUT2D eigenvalue weighted by molar-refractivity contribution is -0.506. The van der Waals surface area contributed by atoms with Gasteiger partial charge in [-0.2, -0.15) is 0 Å². The van der Waals surface area contributed by atoms with Gasteiger partial charge in [0.25, 0.3) is 0 Å². The van der Waals surface area contributed by atoms with Crippen LogP contribution in [0.15, 0.2) is 16.4 Å². The van der Waals surface area contributed by atoms with Crippen molar-refractivity contribution in [2.75, 3.05) is 14.2 Å². The minimum Gasteiger partial charge on any atom is -0.461 e. The molecule has 0 aromatic heterocycles. The maximum atomic E-state index is 11.2. The Balaban J connectivity index is 3.03. The summed E-state index contributed by atoms with van der Waals surface area (Å²) in [4.78, 5) is 11.2. The predicted molar refractivity (Wildman–Crippen MR) is 42.2 cm³/mol.